The highest BCUT2D eigenvalue weighted by Gasteiger charge is 2.26. The topological polar surface area (TPSA) is 35.5 Å². The minimum atomic E-state index is 0.0255. The van der Waals surface area contributed by atoms with Crippen LogP contribution in [0.4, 0.5) is 0 Å². The van der Waals surface area contributed by atoms with Crippen LogP contribution in [0, 0.1) is 0 Å². The maximum atomic E-state index is 12.0. The first-order valence-electron chi connectivity index (χ1n) is 6.56. The molecule has 0 aromatic heterocycles. The van der Waals surface area contributed by atoms with Crippen molar-refractivity contribution in [3.63, 3.8) is 0 Å². The summed E-state index contributed by atoms with van der Waals surface area (Å²) in [5.74, 6) is 1.20. The van der Waals surface area contributed by atoms with Crippen LogP contribution in [0.25, 0.3) is 0 Å². The quantitative estimate of drug-likeness (QED) is 0.751. The molecule has 0 amide bonds. The van der Waals surface area contributed by atoms with E-state index in [-0.39, 0.29) is 5.92 Å². The number of hydrogen-bond donors (Lipinski definition) is 0. The van der Waals surface area contributed by atoms with E-state index in [1.807, 2.05) is 24.3 Å². The summed E-state index contributed by atoms with van der Waals surface area (Å²) in [6, 6.07) is 7.86. The highest BCUT2D eigenvalue weighted by molar-refractivity contribution is 5.87. The number of ketones is 1. The minimum Gasteiger partial charge on any atom is -0.491 e. The van der Waals surface area contributed by atoms with Crippen molar-refractivity contribution in [1.82, 2.24) is 0 Å². The molecule has 1 fully saturated rings. The Morgan fingerprint density at radius 3 is 2.83 bits per heavy atom. The summed E-state index contributed by atoms with van der Waals surface area (Å²) in [6.07, 6.45) is 3.81. The van der Waals surface area contributed by atoms with Crippen molar-refractivity contribution >= 4 is 5.78 Å². The van der Waals surface area contributed by atoms with Crippen LogP contribution in [0.2, 0.25) is 0 Å². The maximum absolute atomic E-state index is 12.0. The SMILES string of the molecule is COCCOc1ccccc1C1CCCCC1=O. The monoisotopic (exact) mass is 248 g/mol. The van der Waals surface area contributed by atoms with Gasteiger partial charge >= 0.3 is 0 Å². The second-order valence-electron chi connectivity index (χ2n) is 4.64. The van der Waals surface area contributed by atoms with Gasteiger partial charge in [0.2, 0.25) is 0 Å². The number of para-hydroxylation sites is 1. The van der Waals surface area contributed by atoms with E-state index in [1.165, 1.54) is 0 Å². The number of ether oxygens (including phenoxy) is 2. The molecule has 0 N–H and O–H groups in total. The molecule has 1 aromatic rings. The van der Waals surface area contributed by atoms with Gasteiger partial charge in [-0.25, -0.2) is 0 Å². The van der Waals surface area contributed by atoms with Gasteiger partial charge in [-0.3, -0.25) is 4.79 Å². The van der Waals surface area contributed by atoms with E-state index < -0.39 is 0 Å². The largest absolute Gasteiger partial charge is 0.491 e. The maximum Gasteiger partial charge on any atom is 0.140 e. The Balaban J connectivity index is 2.12. The van der Waals surface area contributed by atoms with Gasteiger partial charge in [-0.1, -0.05) is 24.6 Å². The summed E-state index contributed by atoms with van der Waals surface area (Å²) >= 11 is 0. The summed E-state index contributed by atoms with van der Waals surface area (Å²) in [7, 11) is 1.65. The number of hydrogen-bond acceptors (Lipinski definition) is 3. The fourth-order valence-corrected chi connectivity index (χ4v) is 2.45. The standard InChI is InChI=1S/C15H20O3/c1-17-10-11-18-15-9-5-3-7-13(15)12-6-2-4-8-14(12)16/h3,5,7,9,12H,2,4,6,8,10-11H2,1H3. The molecule has 1 aliphatic rings. The highest BCUT2D eigenvalue weighted by atomic mass is 16.5. The van der Waals surface area contributed by atoms with Crippen LogP contribution in [-0.4, -0.2) is 26.1 Å². The van der Waals surface area contributed by atoms with Gasteiger partial charge in [0.15, 0.2) is 0 Å². The summed E-state index contributed by atoms with van der Waals surface area (Å²) in [4.78, 5) is 12.0. The average Bonchev–Trinajstić information content (AvgIpc) is 2.40. The molecule has 3 heteroatoms. The molecular formula is C15H20O3. The number of Topliss-reactive ketones (excluding diaryl/α,β-unsaturated/α-hetero) is 1. The Hall–Kier alpha value is -1.35. The molecular weight excluding hydrogens is 228 g/mol. The summed E-state index contributed by atoms with van der Waals surface area (Å²) < 4.78 is 10.7. The molecule has 0 saturated heterocycles. The lowest BCUT2D eigenvalue weighted by atomic mass is 9.82. The van der Waals surface area contributed by atoms with Crippen molar-refractivity contribution in [2.24, 2.45) is 0 Å². The molecule has 1 atom stereocenters. The lowest BCUT2D eigenvalue weighted by molar-refractivity contribution is -0.121. The molecule has 1 aliphatic carbocycles. The lowest BCUT2D eigenvalue weighted by Crippen LogP contribution is -2.18. The molecule has 0 heterocycles. The third-order valence-electron chi connectivity index (χ3n) is 3.39. The van der Waals surface area contributed by atoms with Crippen molar-refractivity contribution in [2.45, 2.75) is 31.6 Å². The van der Waals surface area contributed by atoms with Crippen LogP contribution < -0.4 is 4.74 Å². The summed E-state index contributed by atoms with van der Waals surface area (Å²) in [5.41, 5.74) is 1.04. The van der Waals surface area contributed by atoms with Gasteiger partial charge < -0.3 is 9.47 Å². The van der Waals surface area contributed by atoms with E-state index in [2.05, 4.69) is 0 Å². The van der Waals surface area contributed by atoms with Crippen molar-refractivity contribution in [1.29, 1.82) is 0 Å². The van der Waals surface area contributed by atoms with Gasteiger partial charge in [-0.05, 0) is 18.9 Å². The predicted octanol–water partition coefficient (Wildman–Crippen LogP) is 2.94. The number of benzene rings is 1. The molecule has 0 radical (unpaired) electrons. The summed E-state index contributed by atoms with van der Waals surface area (Å²) in [6.45, 7) is 1.08. The number of rotatable bonds is 5. The van der Waals surface area contributed by atoms with Crippen LogP contribution in [0.3, 0.4) is 0 Å². The van der Waals surface area contributed by atoms with E-state index in [4.69, 9.17) is 9.47 Å². The Labute approximate surface area is 108 Å². The normalized spacial score (nSPS) is 19.8. The van der Waals surface area contributed by atoms with E-state index in [0.717, 1.165) is 30.6 Å². The third kappa shape index (κ3) is 3.10. The minimum absolute atomic E-state index is 0.0255. The molecule has 0 bridgehead atoms. The fourth-order valence-electron chi connectivity index (χ4n) is 2.45. The van der Waals surface area contributed by atoms with E-state index >= 15 is 0 Å². The smallest absolute Gasteiger partial charge is 0.140 e. The van der Waals surface area contributed by atoms with Gasteiger partial charge in [-0.15, -0.1) is 0 Å². The zero-order chi connectivity index (χ0) is 12.8. The van der Waals surface area contributed by atoms with Crippen LogP contribution in [0.1, 0.15) is 37.2 Å². The molecule has 1 saturated carbocycles. The Morgan fingerprint density at radius 2 is 2.06 bits per heavy atom. The van der Waals surface area contributed by atoms with Crippen LogP contribution >= 0.6 is 0 Å². The molecule has 3 nitrogen and oxygen atoms in total. The molecule has 0 aliphatic heterocycles. The van der Waals surface area contributed by atoms with Crippen LogP contribution in [-0.2, 0) is 9.53 Å². The van der Waals surface area contributed by atoms with E-state index in [0.29, 0.717) is 25.4 Å². The number of carbonyl (C=O) groups excluding carboxylic acids is 1. The molecule has 18 heavy (non-hydrogen) atoms. The number of methoxy groups -OCH3 is 1. The number of carbonyl (C=O) groups is 1. The highest BCUT2D eigenvalue weighted by Crippen LogP contribution is 2.35. The third-order valence-corrected chi connectivity index (χ3v) is 3.39. The summed E-state index contributed by atoms with van der Waals surface area (Å²) in [5, 5.41) is 0. The van der Waals surface area contributed by atoms with Crippen molar-refractivity contribution < 1.29 is 14.3 Å². The average molecular weight is 248 g/mol. The van der Waals surface area contributed by atoms with Gasteiger partial charge in [0.05, 0.1) is 6.61 Å². The van der Waals surface area contributed by atoms with Gasteiger partial charge in [0, 0.05) is 25.0 Å². The molecule has 2 rings (SSSR count). The zero-order valence-corrected chi connectivity index (χ0v) is 10.9. The Kier molecular flexibility index (Phi) is 4.76. The van der Waals surface area contributed by atoms with Gasteiger partial charge in [-0.2, -0.15) is 0 Å². The van der Waals surface area contributed by atoms with E-state index in [9.17, 15) is 4.79 Å². The lowest BCUT2D eigenvalue weighted by Gasteiger charge is -2.23. The van der Waals surface area contributed by atoms with Crippen molar-refractivity contribution in [2.75, 3.05) is 20.3 Å². The van der Waals surface area contributed by atoms with Crippen LogP contribution in [0.15, 0.2) is 24.3 Å². The molecule has 98 valence electrons. The zero-order valence-electron chi connectivity index (χ0n) is 10.9. The first-order chi connectivity index (χ1) is 8.83. The van der Waals surface area contributed by atoms with Gasteiger partial charge in [0.25, 0.3) is 0 Å². The Bertz CT molecular complexity index is 400. The second-order valence-corrected chi connectivity index (χ2v) is 4.64. The Morgan fingerprint density at radius 1 is 1.22 bits per heavy atom. The van der Waals surface area contributed by atoms with Crippen molar-refractivity contribution in [3.8, 4) is 5.75 Å². The fraction of sp³-hybridized carbons (Fsp3) is 0.533. The predicted molar refractivity (Wildman–Crippen MR) is 70.0 cm³/mol. The van der Waals surface area contributed by atoms with Gasteiger partial charge in [0.1, 0.15) is 18.1 Å². The van der Waals surface area contributed by atoms with E-state index in [1.54, 1.807) is 7.11 Å². The molecule has 0 spiro atoms. The second kappa shape index (κ2) is 6.55. The van der Waals surface area contributed by atoms with Crippen LogP contribution in [0.5, 0.6) is 5.75 Å². The first-order valence-corrected chi connectivity index (χ1v) is 6.56. The molecule has 1 unspecified atom stereocenters. The first kappa shape index (κ1) is 13.1. The van der Waals surface area contributed by atoms with Crippen molar-refractivity contribution in [3.05, 3.63) is 29.8 Å². The molecule has 1 aromatic carbocycles.